The molecule has 14 heavy (non-hydrogen) atoms. The number of hydrogen-bond donors (Lipinski definition) is 2. The Bertz CT molecular complexity index is 468. The molecule has 0 saturated heterocycles. The zero-order valence-corrected chi connectivity index (χ0v) is 8.00. The Kier molecular flexibility index (Phi) is 2.23. The molecule has 0 atom stereocenters. The number of rotatable bonds is 2. The molecule has 2 aromatic rings. The summed E-state index contributed by atoms with van der Waals surface area (Å²) >= 11 is 0. The summed E-state index contributed by atoms with van der Waals surface area (Å²) in [5.41, 5.74) is 2.86. The standard InChI is InChI=1S/C11H12N2O/c1-8-10(11(14)13-12-8)7-9-5-3-2-4-6-9/h2-6H,7H2,1H3,(H2,12,13,14). The third-order valence-electron chi connectivity index (χ3n) is 2.31. The molecule has 0 fully saturated rings. The molecule has 3 nitrogen and oxygen atoms in total. The van der Waals surface area contributed by atoms with Gasteiger partial charge in [-0.05, 0) is 12.5 Å². The topological polar surface area (TPSA) is 48.6 Å². The summed E-state index contributed by atoms with van der Waals surface area (Å²) in [4.78, 5) is 11.4. The summed E-state index contributed by atoms with van der Waals surface area (Å²) in [5.74, 6) is 0. The van der Waals surface area contributed by atoms with E-state index in [9.17, 15) is 4.79 Å². The van der Waals surface area contributed by atoms with E-state index in [1.54, 1.807) is 0 Å². The molecule has 3 heteroatoms. The Hall–Kier alpha value is -1.77. The molecule has 0 saturated carbocycles. The van der Waals surface area contributed by atoms with E-state index in [0.717, 1.165) is 16.8 Å². The lowest BCUT2D eigenvalue weighted by Gasteiger charge is -1.97. The number of H-pyrrole nitrogens is 2. The number of aromatic nitrogens is 2. The van der Waals surface area contributed by atoms with Crippen molar-refractivity contribution in [3.63, 3.8) is 0 Å². The van der Waals surface area contributed by atoms with E-state index in [1.807, 2.05) is 37.3 Å². The van der Waals surface area contributed by atoms with Gasteiger partial charge in [0.2, 0.25) is 0 Å². The number of aryl methyl sites for hydroxylation is 1. The van der Waals surface area contributed by atoms with Crippen molar-refractivity contribution < 1.29 is 0 Å². The molecule has 0 aliphatic rings. The fraction of sp³-hybridized carbons (Fsp3) is 0.182. The number of aromatic amines is 2. The highest BCUT2D eigenvalue weighted by Gasteiger charge is 2.05. The first-order valence-electron chi connectivity index (χ1n) is 4.57. The Balaban J connectivity index is 2.32. The van der Waals surface area contributed by atoms with Crippen LogP contribution in [0.2, 0.25) is 0 Å². The smallest absolute Gasteiger partial charge is 0.267 e. The van der Waals surface area contributed by atoms with Crippen molar-refractivity contribution in [1.82, 2.24) is 10.2 Å². The van der Waals surface area contributed by atoms with E-state index < -0.39 is 0 Å². The molecule has 1 aromatic heterocycles. The molecule has 1 heterocycles. The van der Waals surface area contributed by atoms with Crippen molar-refractivity contribution in [2.45, 2.75) is 13.3 Å². The predicted octanol–water partition coefficient (Wildman–Crippen LogP) is 1.60. The maximum absolute atomic E-state index is 11.4. The van der Waals surface area contributed by atoms with E-state index in [2.05, 4.69) is 10.2 Å². The minimum atomic E-state index is -0.0219. The average Bonchev–Trinajstić information content (AvgIpc) is 2.51. The quantitative estimate of drug-likeness (QED) is 0.739. The summed E-state index contributed by atoms with van der Waals surface area (Å²) in [6.45, 7) is 1.90. The maximum Gasteiger partial charge on any atom is 0.267 e. The van der Waals surface area contributed by atoms with Crippen LogP contribution in [0, 0.1) is 6.92 Å². The zero-order valence-electron chi connectivity index (χ0n) is 8.00. The molecule has 1 aromatic carbocycles. The van der Waals surface area contributed by atoms with Gasteiger partial charge in [0.25, 0.3) is 5.56 Å². The Morgan fingerprint density at radius 2 is 1.86 bits per heavy atom. The van der Waals surface area contributed by atoms with Crippen LogP contribution >= 0.6 is 0 Å². The van der Waals surface area contributed by atoms with Crippen LogP contribution < -0.4 is 5.56 Å². The molecule has 0 radical (unpaired) electrons. The third-order valence-corrected chi connectivity index (χ3v) is 2.31. The van der Waals surface area contributed by atoms with Crippen LogP contribution in [0.25, 0.3) is 0 Å². The minimum absolute atomic E-state index is 0.0219. The van der Waals surface area contributed by atoms with Gasteiger partial charge in [0, 0.05) is 17.7 Å². The van der Waals surface area contributed by atoms with Crippen molar-refractivity contribution >= 4 is 0 Å². The normalized spacial score (nSPS) is 10.4. The van der Waals surface area contributed by atoms with Gasteiger partial charge < -0.3 is 5.10 Å². The Morgan fingerprint density at radius 1 is 1.14 bits per heavy atom. The van der Waals surface area contributed by atoms with Crippen molar-refractivity contribution in [2.75, 3.05) is 0 Å². The maximum atomic E-state index is 11.4. The Labute approximate surface area is 81.8 Å². The number of hydrogen-bond acceptors (Lipinski definition) is 1. The van der Waals surface area contributed by atoms with E-state index in [1.165, 1.54) is 0 Å². The van der Waals surface area contributed by atoms with Gasteiger partial charge in [-0.15, -0.1) is 0 Å². The molecule has 2 rings (SSSR count). The van der Waals surface area contributed by atoms with Crippen molar-refractivity contribution in [1.29, 1.82) is 0 Å². The molecule has 0 unspecified atom stereocenters. The summed E-state index contributed by atoms with van der Waals surface area (Å²) in [5, 5.41) is 5.40. The van der Waals surface area contributed by atoms with E-state index in [0.29, 0.717) is 6.42 Å². The lowest BCUT2D eigenvalue weighted by Crippen LogP contribution is -2.06. The van der Waals surface area contributed by atoms with Gasteiger partial charge in [-0.3, -0.25) is 9.89 Å². The molecular weight excluding hydrogens is 176 g/mol. The summed E-state index contributed by atoms with van der Waals surface area (Å²) in [6.07, 6.45) is 0.686. The SMILES string of the molecule is Cc1[nH][nH]c(=O)c1Cc1ccccc1. The van der Waals surface area contributed by atoms with Gasteiger partial charge in [-0.25, -0.2) is 0 Å². The average molecular weight is 188 g/mol. The van der Waals surface area contributed by atoms with Gasteiger partial charge in [0.1, 0.15) is 0 Å². The molecule has 0 bridgehead atoms. The van der Waals surface area contributed by atoms with E-state index in [-0.39, 0.29) is 5.56 Å². The van der Waals surface area contributed by atoms with Gasteiger partial charge in [-0.2, -0.15) is 0 Å². The van der Waals surface area contributed by atoms with Gasteiger partial charge in [0.05, 0.1) is 0 Å². The first-order chi connectivity index (χ1) is 6.77. The summed E-state index contributed by atoms with van der Waals surface area (Å²) < 4.78 is 0. The molecular formula is C11H12N2O. The molecule has 2 N–H and O–H groups in total. The second kappa shape index (κ2) is 3.54. The van der Waals surface area contributed by atoms with Crippen LogP contribution in [0.5, 0.6) is 0 Å². The Morgan fingerprint density at radius 3 is 2.43 bits per heavy atom. The van der Waals surface area contributed by atoms with Crippen LogP contribution in [0.3, 0.4) is 0 Å². The highest BCUT2D eigenvalue weighted by atomic mass is 16.1. The van der Waals surface area contributed by atoms with Crippen LogP contribution in [0.15, 0.2) is 35.1 Å². The first-order valence-corrected chi connectivity index (χ1v) is 4.57. The fourth-order valence-corrected chi connectivity index (χ4v) is 1.48. The molecule has 0 aliphatic heterocycles. The van der Waals surface area contributed by atoms with Crippen LogP contribution in [0.1, 0.15) is 16.8 Å². The summed E-state index contributed by atoms with van der Waals surface area (Å²) in [7, 11) is 0. The van der Waals surface area contributed by atoms with Gasteiger partial charge in [-0.1, -0.05) is 30.3 Å². The number of benzene rings is 1. The first kappa shape index (κ1) is 8.81. The lowest BCUT2D eigenvalue weighted by atomic mass is 10.1. The van der Waals surface area contributed by atoms with Crippen molar-refractivity contribution in [2.24, 2.45) is 0 Å². The highest BCUT2D eigenvalue weighted by molar-refractivity contribution is 5.26. The van der Waals surface area contributed by atoms with Gasteiger partial charge in [0.15, 0.2) is 0 Å². The number of nitrogens with one attached hydrogen (secondary N) is 2. The third kappa shape index (κ3) is 1.62. The molecule has 0 amide bonds. The van der Waals surface area contributed by atoms with Crippen molar-refractivity contribution in [3.05, 3.63) is 57.5 Å². The zero-order chi connectivity index (χ0) is 9.97. The monoisotopic (exact) mass is 188 g/mol. The fourth-order valence-electron chi connectivity index (χ4n) is 1.48. The van der Waals surface area contributed by atoms with E-state index >= 15 is 0 Å². The molecule has 0 aliphatic carbocycles. The molecule has 0 spiro atoms. The van der Waals surface area contributed by atoms with Crippen molar-refractivity contribution in [3.8, 4) is 0 Å². The van der Waals surface area contributed by atoms with Crippen LogP contribution in [-0.2, 0) is 6.42 Å². The second-order valence-electron chi connectivity index (χ2n) is 3.35. The van der Waals surface area contributed by atoms with Gasteiger partial charge >= 0.3 is 0 Å². The predicted molar refractivity (Wildman–Crippen MR) is 55.4 cm³/mol. The highest BCUT2D eigenvalue weighted by Crippen LogP contribution is 2.07. The lowest BCUT2D eigenvalue weighted by molar-refractivity contribution is 1.02. The van der Waals surface area contributed by atoms with Crippen LogP contribution in [0.4, 0.5) is 0 Å². The minimum Gasteiger partial charge on any atom is -0.302 e. The second-order valence-corrected chi connectivity index (χ2v) is 3.35. The van der Waals surface area contributed by atoms with E-state index in [4.69, 9.17) is 0 Å². The molecule has 72 valence electrons. The summed E-state index contributed by atoms with van der Waals surface area (Å²) in [6, 6.07) is 9.96. The largest absolute Gasteiger partial charge is 0.302 e. The van der Waals surface area contributed by atoms with Crippen LogP contribution in [-0.4, -0.2) is 10.2 Å².